The van der Waals surface area contributed by atoms with Gasteiger partial charge in [-0.3, -0.25) is 0 Å². The molecule has 0 bridgehead atoms. The topological polar surface area (TPSA) is 13.1 Å². The molecule has 19 heavy (non-hydrogen) atoms. The van der Waals surface area contributed by atoms with Crippen molar-refractivity contribution in [2.75, 3.05) is 0 Å². The van der Waals surface area contributed by atoms with Crippen molar-refractivity contribution in [1.82, 2.24) is 0 Å². The summed E-state index contributed by atoms with van der Waals surface area (Å²) >= 11 is 6.04. The van der Waals surface area contributed by atoms with E-state index in [0.717, 1.165) is 12.8 Å². The molecule has 0 unspecified atom stereocenters. The number of hydrogen-bond acceptors (Lipinski definition) is 1. The van der Waals surface area contributed by atoms with E-state index in [4.69, 9.17) is 16.0 Å². The van der Waals surface area contributed by atoms with E-state index in [1.54, 1.807) is 6.07 Å². The van der Waals surface area contributed by atoms with E-state index in [2.05, 4.69) is 6.58 Å². The SMILES string of the molecule is C=Cc1oc2c(C(F)(F)F)cc(C3CC3)cc2c1Cl. The molecule has 0 spiro atoms. The molecule has 0 atom stereocenters. The largest absolute Gasteiger partial charge is 0.454 e. The molecule has 1 heterocycles. The number of furan rings is 1. The first-order chi connectivity index (χ1) is 8.91. The lowest BCUT2D eigenvalue weighted by atomic mass is 10.0. The van der Waals surface area contributed by atoms with Gasteiger partial charge in [0.05, 0.1) is 10.6 Å². The molecule has 1 aromatic carbocycles. The second-order valence-electron chi connectivity index (χ2n) is 4.70. The second-order valence-corrected chi connectivity index (χ2v) is 5.08. The molecule has 0 amide bonds. The summed E-state index contributed by atoms with van der Waals surface area (Å²) in [5, 5.41) is 0.506. The van der Waals surface area contributed by atoms with Crippen LogP contribution in [0.25, 0.3) is 17.0 Å². The predicted molar refractivity (Wildman–Crippen MR) is 68.3 cm³/mol. The van der Waals surface area contributed by atoms with Crippen LogP contribution in [0.2, 0.25) is 5.02 Å². The van der Waals surface area contributed by atoms with Crippen LogP contribution in [0.3, 0.4) is 0 Å². The van der Waals surface area contributed by atoms with Gasteiger partial charge in [-0.15, -0.1) is 0 Å². The van der Waals surface area contributed by atoms with Crippen molar-refractivity contribution in [3.8, 4) is 0 Å². The number of fused-ring (bicyclic) bond motifs is 1. The first-order valence-electron chi connectivity index (χ1n) is 5.87. The van der Waals surface area contributed by atoms with Crippen LogP contribution in [-0.2, 0) is 6.18 Å². The Hall–Kier alpha value is -1.42. The van der Waals surface area contributed by atoms with Crippen molar-refractivity contribution >= 4 is 28.6 Å². The van der Waals surface area contributed by atoms with E-state index >= 15 is 0 Å². The Bertz CT molecular complexity index is 665. The molecular weight excluding hydrogens is 277 g/mol. The van der Waals surface area contributed by atoms with Crippen LogP contribution in [0.1, 0.15) is 35.6 Å². The Morgan fingerprint density at radius 2 is 2.00 bits per heavy atom. The third kappa shape index (κ3) is 2.04. The lowest BCUT2D eigenvalue weighted by Crippen LogP contribution is -2.06. The molecule has 100 valence electrons. The molecule has 2 aromatic rings. The van der Waals surface area contributed by atoms with Gasteiger partial charge in [-0.1, -0.05) is 18.2 Å². The molecule has 0 aliphatic heterocycles. The van der Waals surface area contributed by atoms with Crippen LogP contribution in [0.4, 0.5) is 13.2 Å². The molecule has 5 heteroatoms. The predicted octanol–water partition coefficient (Wildman–Crippen LogP) is 5.63. The Kier molecular flexibility index (Phi) is 2.68. The highest BCUT2D eigenvalue weighted by Gasteiger charge is 2.37. The van der Waals surface area contributed by atoms with E-state index < -0.39 is 11.7 Å². The quantitative estimate of drug-likeness (QED) is 0.698. The second kappa shape index (κ2) is 4.04. The minimum Gasteiger partial charge on any atom is -0.454 e. The van der Waals surface area contributed by atoms with Crippen molar-refractivity contribution in [1.29, 1.82) is 0 Å². The van der Waals surface area contributed by atoms with E-state index in [1.807, 2.05) is 0 Å². The van der Waals surface area contributed by atoms with Crippen molar-refractivity contribution in [2.45, 2.75) is 24.9 Å². The fraction of sp³-hybridized carbons (Fsp3) is 0.286. The van der Waals surface area contributed by atoms with Gasteiger partial charge in [-0.2, -0.15) is 13.2 Å². The average Bonchev–Trinajstić information content (AvgIpc) is 3.13. The van der Waals surface area contributed by atoms with Gasteiger partial charge in [0, 0.05) is 5.39 Å². The number of rotatable bonds is 2. The van der Waals surface area contributed by atoms with Gasteiger partial charge in [0.25, 0.3) is 0 Å². The number of hydrogen-bond donors (Lipinski definition) is 0. The maximum Gasteiger partial charge on any atom is 0.420 e. The fourth-order valence-electron chi connectivity index (χ4n) is 2.21. The lowest BCUT2D eigenvalue weighted by molar-refractivity contribution is -0.136. The Morgan fingerprint density at radius 1 is 1.32 bits per heavy atom. The van der Waals surface area contributed by atoms with Crippen molar-refractivity contribution in [2.24, 2.45) is 0 Å². The van der Waals surface area contributed by atoms with Crippen LogP contribution in [-0.4, -0.2) is 0 Å². The van der Waals surface area contributed by atoms with Gasteiger partial charge < -0.3 is 4.42 Å². The first-order valence-corrected chi connectivity index (χ1v) is 6.25. The molecule has 1 fully saturated rings. The van der Waals surface area contributed by atoms with Gasteiger partial charge in [0.1, 0.15) is 11.3 Å². The Morgan fingerprint density at radius 3 is 2.53 bits per heavy atom. The molecule has 3 rings (SSSR count). The van der Waals surface area contributed by atoms with Crippen molar-refractivity contribution in [3.05, 3.63) is 40.6 Å². The average molecular weight is 287 g/mol. The summed E-state index contributed by atoms with van der Waals surface area (Å²) in [7, 11) is 0. The summed E-state index contributed by atoms with van der Waals surface area (Å²) in [4.78, 5) is 0. The molecule has 0 radical (unpaired) electrons. The van der Waals surface area contributed by atoms with Crippen LogP contribution in [0.15, 0.2) is 23.1 Å². The van der Waals surface area contributed by atoms with Crippen LogP contribution in [0, 0.1) is 0 Å². The molecule has 1 nitrogen and oxygen atoms in total. The highest BCUT2D eigenvalue weighted by Crippen LogP contribution is 2.46. The summed E-state index contributed by atoms with van der Waals surface area (Å²) in [5.74, 6) is 0.388. The van der Waals surface area contributed by atoms with Gasteiger partial charge in [-0.05, 0) is 42.5 Å². The summed E-state index contributed by atoms with van der Waals surface area (Å²) in [6, 6.07) is 2.87. The fourth-order valence-corrected chi connectivity index (χ4v) is 2.46. The molecular formula is C14H10ClF3O. The van der Waals surface area contributed by atoms with Gasteiger partial charge in [0.15, 0.2) is 0 Å². The minimum atomic E-state index is -4.46. The molecule has 0 N–H and O–H groups in total. The standard InChI is InChI=1S/C14H10ClF3O/c1-2-11-12(15)9-5-8(7-3-4-7)6-10(13(9)19-11)14(16,17)18/h2,5-7H,1,3-4H2. The third-order valence-electron chi connectivity index (χ3n) is 3.32. The minimum absolute atomic E-state index is 0.176. The van der Waals surface area contributed by atoms with Crippen molar-refractivity contribution < 1.29 is 17.6 Å². The number of benzene rings is 1. The zero-order valence-corrected chi connectivity index (χ0v) is 10.6. The number of halogens is 4. The maximum atomic E-state index is 13.1. The van der Waals surface area contributed by atoms with Crippen LogP contribution >= 0.6 is 11.6 Å². The van der Waals surface area contributed by atoms with E-state index in [-0.39, 0.29) is 22.3 Å². The third-order valence-corrected chi connectivity index (χ3v) is 3.71. The van der Waals surface area contributed by atoms with Gasteiger partial charge >= 0.3 is 6.18 Å². The lowest BCUT2D eigenvalue weighted by Gasteiger charge is -2.09. The highest BCUT2D eigenvalue weighted by atomic mass is 35.5. The highest BCUT2D eigenvalue weighted by molar-refractivity contribution is 6.36. The normalized spacial score (nSPS) is 16.0. The maximum absolute atomic E-state index is 13.1. The summed E-state index contributed by atoms with van der Waals surface area (Å²) in [6.07, 6.45) is -1.29. The molecule has 1 aliphatic rings. The van der Waals surface area contributed by atoms with E-state index in [0.29, 0.717) is 10.9 Å². The summed E-state index contributed by atoms with van der Waals surface area (Å²) in [5.41, 5.74) is -0.295. The zero-order valence-electron chi connectivity index (χ0n) is 9.85. The molecule has 0 saturated heterocycles. The zero-order chi connectivity index (χ0) is 13.8. The molecule has 1 saturated carbocycles. The number of alkyl halides is 3. The van der Waals surface area contributed by atoms with Crippen LogP contribution in [0.5, 0.6) is 0 Å². The molecule has 1 aliphatic carbocycles. The first kappa shape index (κ1) is 12.6. The monoisotopic (exact) mass is 286 g/mol. The Balaban J connectivity index is 2.34. The molecule has 1 aromatic heterocycles. The van der Waals surface area contributed by atoms with E-state index in [9.17, 15) is 13.2 Å². The van der Waals surface area contributed by atoms with Gasteiger partial charge in [-0.25, -0.2) is 0 Å². The summed E-state index contributed by atoms with van der Waals surface area (Å²) in [6.45, 7) is 3.49. The summed E-state index contributed by atoms with van der Waals surface area (Å²) < 4.78 is 44.5. The van der Waals surface area contributed by atoms with Crippen LogP contribution < -0.4 is 0 Å². The smallest absolute Gasteiger partial charge is 0.420 e. The van der Waals surface area contributed by atoms with Crippen molar-refractivity contribution in [3.63, 3.8) is 0 Å². The van der Waals surface area contributed by atoms with E-state index in [1.165, 1.54) is 12.1 Å². The van der Waals surface area contributed by atoms with Gasteiger partial charge in [0.2, 0.25) is 0 Å². The Labute approximate surface area is 112 Å².